The minimum atomic E-state index is -0.637. The molecule has 1 N–H and O–H groups in total. The first-order chi connectivity index (χ1) is 11.1. The minimum absolute atomic E-state index is 0.198. The van der Waals surface area contributed by atoms with Crippen molar-refractivity contribution in [1.29, 1.82) is 0 Å². The molecule has 122 valence electrons. The largest absolute Gasteiger partial charge is 0.481 e. The minimum Gasteiger partial charge on any atom is -0.481 e. The molecule has 2 rings (SSSR count). The number of anilines is 1. The third-order valence-corrected chi connectivity index (χ3v) is 3.44. The second kappa shape index (κ2) is 8.17. The number of carbonyl (C=O) groups excluding carboxylic acids is 1. The predicted octanol–water partition coefficient (Wildman–Crippen LogP) is 2.85. The van der Waals surface area contributed by atoms with E-state index in [1.165, 1.54) is 24.3 Å². The van der Waals surface area contributed by atoms with Gasteiger partial charge in [0.25, 0.3) is 5.91 Å². The van der Waals surface area contributed by atoms with Gasteiger partial charge in [-0.1, -0.05) is 18.2 Å². The lowest BCUT2D eigenvalue weighted by atomic mass is 10.3. The monoisotopic (exact) mass is 316 g/mol. The average Bonchev–Trinajstić information content (AvgIpc) is 2.57. The molecule has 0 radical (unpaired) electrons. The third kappa shape index (κ3) is 5.29. The van der Waals surface area contributed by atoms with E-state index in [1.54, 1.807) is 6.92 Å². The molecule has 23 heavy (non-hydrogen) atoms. The molecule has 2 aromatic rings. The van der Waals surface area contributed by atoms with Gasteiger partial charge in [-0.15, -0.1) is 0 Å². The predicted molar refractivity (Wildman–Crippen MR) is 89.2 cm³/mol. The molecule has 0 aliphatic heterocycles. The van der Waals surface area contributed by atoms with Crippen LogP contribution < -0.4 is 15.0 Å². The molecule has 0 aromatic heterocycles. The zero-order valence-electron chi connectivity index (χ0n) is 13.3. The molecule has 0 bridgehead atoms. The summed E-state index contributed by atoms with van der Waals surface area (Å²) in [6.45, 7) is 2.87. The molecule has 1 atom stereocenters. The molecule has 4 nitrogen and oxygen atoms in total. The molecule has 5 heteroatoms. The smallest absolute Gasteiger partial charge is 0.260 e. The van der Waals surface area contributed by atoms with Crippen LogP contribution in [0.15, 0.2) is 54.6 Å². The van der Waals surface area contributed by atoms with Crippen molar-refractivity contribution < 1.29 is 13.9 Å². The molecule has 0 saturated carbocycles. The van der Waals surface area contributed by atoms with Gasteiger partial charge in [-0.05, 0) is 43.3 Å². The Morgan fingerprint density at radius 3 is 2.48 bits per heavy atom. The average molecular weight is 316 g/mol. The van der Waals surface area contributed by atoms with Crippen molar-refractivity contribution in [2.24, 2.45) is 0 Å². The highest BCUT2D eigenvalue weighted by Gasteiger charge is 2.14. The lowest BCUT2D eigenvalue weighted by molar-refractivity contribution is -0.127. The molecule has 0 fully saturated rings. The van der Waals surface area contributed by atoms with Crippen LogP contribution in [0, 0.1) is 5.82 Å². The van der Waals surface area contributed by atoms with E-state index in [4.69, 9.17) is 4.74 Å². The Labute approximate surface area is 135 Å². The second-order valence-corrected chi connectivity index (χ2v) is 5.26. The maximum Gasteiger partial charge on any atom is 0.260 e. The Hall–Kier alpha value is -2.56. The molecule has 0 heterocycles. The number of ether oxygens (including phenoxy) is 1. The first-order valence-electron chi connectivity index (χ1n) is 7.52. The summed E-state index contributed by atoms with van der Waals surface area (Å²) in [5, 5.41) is 2.84. The summed E-state index contributed by atoms with van der Waals surface area (Å²) in [7, 11) is 1.97. The normalized spacial score (nSPS) is 11.6. The van der Waals surface area contributed by atoms with Crippen LogP contribution in [-0.4, -0.2) is 32.1 Å². The van der Waals surface area contributed by atoms with Crippen LogP contribution in [0.4, 0.5) is 10.1 Å². The number of carbonyl (C=O) groups is 1. The summed E-state index contributed by atoms with van der Waals surface area (Å²) in [5.74, 6) is -0.0651. The van der Waals surface area contributed by atoms with E-state index in [0.29, 0.717) is 18.8 Å². The van der Waals surface area contributed by atoms with Crippen molar-refractivity contribution >= 4 is 11.6 Å². The van der Waals surface area contributed by atoms with Crippen molar-refractivity contribution in [1.82, 2.24) is 5.32 Å². The molecule has 1 unspecified atom stereocenters. The quantitative estimate of drug-likeness (QED) is 0.854. The Bertz CT molecular complexity index is 617. The van der Waals surface area contributed by atoms with E-state index in [9.17, 15) is 9.18 Å². The molecule has 2 aromatic carbocycles. The zero-order valence-corrected chi connectivity index (χ0v) is 13.3. The standard InChI is InChI=1S/C18H21FN2O2/c1-14(23-17-10-8-15(19)9-11-17)18(22)20-12-13-21(2)16-6-4-3-5-7-16/h3-11,14H,12-13H2,1-2H3,(H,20,22). The van der Waals surface area contributed by atoms with Crippen molar-refractivity contribution in [3.63, 3.8) is 0 Å². The van der Waals surface area contributed by atoms with Crippen LogP contribution in [0.5, 0.6) is 5.75 Å². The molecule has 1 amide bonds. The summed E-state index contributed by atoms with van der Waals surface area (Å²) < 4.78 is 18.3. The fourth-order valence-corrected chi connectivity index (χ4v) is 2.07. The third-order valence-electron chi connectivity index (χ3n) is 3.44. The number of halogens is 1. The van der Waals surface area contributed by atoms with E-state index in [-0.39, 0.29) is 11.7 Å². The van der Waals surface area contributed by atoms with Gasteiger partial charge in [0.05, 0.1) is 0 Å². The molecule has 0 aliphatic rings. The molecule has 0 aliphatic carbocycles. The first kappa shape index (κ1) is 16.8. The van der Waals surface area contributed by atoms with Gasteiger partial charge in [-0.2, -0.15) is 0 Å². The van der Waals surface area contributed by atoms with Gasteiger partial charge in [-0.3, -0.25) is 4.79 Å². The van der Waals surface area contributed by atoms with E-state index in [2.05, 4.69) is 10.2 Å². The van der Waals surface area contributed by atoms with Crippen molar-refractivity contribution in [2.75, 3.05) is 25.0 Å². The highest BCUT2D eigenvalue weighted by Crippen LogP contribution is 2.13. The van der Waals surface area contributed by atoms with Gasteiger partial charge in [0.1, 0.15) is 11.6 Å². The Morgan fingerprint density at radius 1 is 1.17 bits per heavy atom. The SMILES string of the molecule is CC(Oc1ccc(F)cc1)C(=O)NCCN(C)c1ccccc1. The van der Waals surface area contributed by atoms with Gasteiger partial charge in [-0.25, -0.2) is 4.39 Å². The number of nitrogens with zero attached hydrogens (tertiary/aromatic N) is 1. The van der Waals surface area contributed by atoms with Crippen molar-refractivity contribution in [3.05, 3.63) is 60.4 Å². The fourth-order valence-electron chi connectivity index (χ4n) is 2.07. The summed E-state index contributed by atoms with van der Waals surface area (Å²) in [5.41, 5.74) is 1.09. The Balaban J connectivity index is 1.74. The summed E-state index contributed by atoms with van der Waals surface area (Å²) in [4.78, 5) is 14.1. The highest BCUT2D eigenvalue weighted by molar-refractivity contribution is 5.80. The van der Waals surface area contributed by atoms with Crippen LogP contribution >= 0.6 is 0 Å². The highest BCUT2D eigenvalue weighted by atomic mass is 19.1. The van der Waals surface area contributed by atoms with Crippen LogP contribution in [-0.2, 0) is 4.79 Å². The number of rotatable bonds is 7. The van der Waals surface area contributed by atoms with Gasteiger partial charge < -0.3 is 15.0 Å². The number of likely N-dealkylation sites (N-methyl/N-ethyl adjacent to an activating group) is 1. The van der Waals surface area contributed by atoms with Crippen LogP contribution in [0.1, 0.15) is 6.92 Å². The fraction of sp³-hybridized carbons (Fsp3) is 0.278. The van der Waals surface area contributed by atoms with Gasteiger partial charge in [0.2, 0.25) is 0 Å². The summed E-state index contributed by atoms with van der Waals surface area (Å²) in [6.07, 6.45) is -0.637. The Kier molecular flexibility index (Phi) is 5.97. The molecule has 0 spiro atoms. The number of hydrogen-bond acceptors (Lipinski definition) is 3. The first-order valence-corrected chi connectivity index (χ1v) is 7.52. The van der Waals surface area contributed by atoms with Gasteiger partial charge >= 0.3 is 0 Å². The van der Waals surface area contributed by atoms with Gasteiger partial charge in [0, 0.05) is 25.8 Å². The molecule has 0 saturated heterocycles. The number of benzene rings is 2. The number of nitrogens with one attached hydrogen (secondary N) is 1. The second-order valence-electron chi connectivity index (χ2n) is 5.26. The van der Waals surface area contributed by atoms with E-state index in [1.807, 2.05) is 37.4 Å². The Morgan fingerprint density at radius 2 is 1.83 bits per heavy atom. The zero-order chi connectivity index (χ0) is 16.7. The number of para-hydroxylation sites is 1. The maximum absolute atomic E-state index is 12.8. The van der Waals surface area contributed by atoms with Crippen molar-refractivity contribution in [2.45, 2.75) is 13.0 Å². The van der Waals surface area contributed by atoms with Crippen LogP contribution in [0.2, 0.25) is 0 Å². The topological polar surface area (TPSA) is 41.6 Å². The number of hydrogen-bond donors (Lipinski definition) is 1. The lowest BCUT2D eigenvalue weighted by Crippen LogP contribution is -2.40. The van der Waals surface area contributed by atoms with Crippen LogP contribution in [0.25, 0.3) is 0 Å². The maximum atomic E-state index is 12.8. The van der Waals surface area contributed by atoms with Crippen molar-refractivity contribution in [3.8, 4) is 5.75 Å². The van der Waals surface area contributed by atoms with E-state index in [0.717, 1.165) is 5.69 Å². The van der Waals surface area contributed by atoms with Gasteiger partial charge in [0.15, 0.2) is 6.10 Å². The van der Waals surface area contributed by atoms with E-state index < -0.39 is 6.10 Å². The lowest BCUT2D eigenvalue weighted by Gasteiger charge is -2.20. The number of amides is 1. The summed E-state index contributed by atoms with van der Waals surface area (Å²) >= 11 is 0. The molecular formula is C18H21FN2O2. The molecular weight excluding hydrogens is 295 g/mol. The van der Waals surface area contributed by atoms with E-state index >= 15 is 0 Å². The summed E-state index contributed by atoms with van der Waals surface area (Å²) in [6, 6.07) is 15.6. The van der Waals surface area contributed by atoms with Crippen LogP contribution in [0.3, 0.4) is 0 Å².